The summed E-state index contributed by atoms with van der Waals surface area (Å²) in [6, 6.07) is 10.6. The Hall–Kier alpha value is -2.07. The van der Waals surface area contributed by atoms with Gasteiger partial charge < -0.3 is 15.5 Å². The molecule has 164 valence electrons. The zero-order valence-electron chi connectivity index (χ0n) is 17.9. The van der Waals surface area contributed by atoms with Gasteiger partial charge in [0.15, 0.2) is 0 Å². The minimum Gasteiger partial charge on any atom is -0.355 e. The lowest BCUT2D eigenvalue weighted by molar-refractivity contribution is 0.447. The topological polar surface area (TPSA) is 76.9 Å². The number of anilines is 3. The second-order valence-electron chi connectivity index (χ2n) is 7.48. The molecule has 1 atom stereocenters. The van der Waals surface area contributed by atoms with E-state index in [4.69, 9.17) is 9.97 Å². The summed E-state index contributed by atoms with van der Waals surface area (Å²) < 4.78 is 0. The molecule has 2 aromatic rings. The molecule has 1 saturated heterocycles. The van der Waals surface area contributed by atoms with Crippen molar-refractivity contribution < 1.29 is 0 Å². The number of likely N-dealkylation sites (N-methyl/N-ethyl adjacent to an activating group) is 1. The Morgan fingerprint density at radius 2 is 2.03 bits per heavy atom. The van der Waals surface area contributed by atoms with Crippen LogP contribution in [0.5, 0.6) is 0 Å². The van der Waals surface area contributed by atoms with Crippen LogP contribution >= 0.6 is 24.8 Å². The molecule has 3 rings (SSSR count). The molecule has 1 aromatic carbocycles. The van der Waals surface area contributed by atoms with Gasteiger partial charge in [0.25, 0.3) is 0 Å². The van der Waals surface area contributed by atoms with E-state index in [2.05, 4.69) is 34.6 Å². The number of aryl methyl sites for hydroxylation is 2. The van der Waals surface area contributed by atoms with Crippen LogP contribution < -0.4 is 15.5 Å². The first-order chi connectivity index (χ1) is 13.6. The highest BCUT2D eigenvalue weighted by molar-refractivity contribution is 5.85. The van der Waals surface area contributed by atoms with Crippen LogP contribution in [0.25, 0.3) is 0 Å². The van der Waals surface area contributed by atoms with Crippen molar-refractivity contribution in [3.8, 4) is 6.07 Å². The minimum absolute atomic E-state index is 0. The average Bonchev–Trinajstić information content (AvgIpc) is 2.73. The molecular formula is C22H32Cl2N6. The molecule has 0 radical (unpaired) electrons. The summed E-state index contributed by atoms with van der Waals surface area (Å²) in [5.41, 5.74) is 3.54. The van der Waals surface area contributed by atoms with Crippen molar-refractivity contribution in [3.05, 3.63) is 41.1 Å². The number of rotatable bonds is 7. The number of benzene rings is 1. The molecule has 1 fully saturated rings. The van der Waals surface area contributed by atoms with Gasteiger partial charge in [-0.1, -0.05) is 19.4 Å². The predicted molar refractivity (Wildman–Crippen MR) is 129 cm³/mol. The molecule has 1 aliphatic heterocycles. The zero-order valence-corrected chi connectivity index (χ0v) is 19.6. The van der Waals surface area contributed by atoms with Gasteiger partial charge in [0.05, 0.1) is 11.6 Å². The Kier molecular flexibility index (Phi) is 10.9. The van der Waals surface area contributed by atoms with E-state index in [1.165, 1.54) is 6.42 Å². The fraction of sp³-hybridized carbons (Fsp3) is 0.500. The molecule has 1 aromatic heterocycles. The molecule has 6 nitrogen and oxygen atoms in total. The number of nitriles is 1. The van der Waals surface area contributed by atoms with Gasteiger partial charge in [-0.05, 0) is 57.4 Å². The first kappa shape index (κ1) is 26.0. The standard InChI is InChI=1S/C22H30N6.2ClH/c1-4-5-7-18-13-21(28-11-6-8-20(15-28)24-3)27-22(25-18)26-19-10-9-16(2)17(12-19)14-23;;/h9-10,12-13,20,24H,4-8,11,15H2,1-3H3,(H,25,26,27);2*1H/t20-;;/m1../s1. The highest BCUT2D eigenvalue weighted by atomic mass is 35.5. The summed E-state index contributed by atoms with van der Waals surface area (Å²) in [5, 5.41) is 16.0. The smallest absolute Gasteiger partial charge is 0.229 e. The Bertz CT molecular complexity index is 852. The predicted octanol–water partition coefficient (Wildman–Crippen LogP) is 4.77. The van der Waals surface area contributed by atoms with Crippen LogP contribution in [0.3, 0.4) is 0 Å². The van der Waals surface area contributed by atoms with Crippen molar-refractivity contribution in [2.45, 2.75) is 52.0 Å². The van der Waals surface area contributed by atoms with E-state index in [0.717, 1.165) is 61.5 Å². The lowest BCUT2D eigenvalue weighted by atomic mass is 10.1. The molecule has 0 amide bonds. The molecular weight excluding hydrogens is 419 g/mol. The van der Waals surface area contributed by atoms with Gasteiger partial charge in [0, 0.05) is 36.6 Å². The van der Waals surface area contributed by atoms with E-state index < -0.39 is 0 Å². The second-order valence-corrected chi connectivity index (χ2v) is 7.48. The highest BCUT2D eigenvalue weighted by Crippen LogP contribution is 2.23. The van der Waals surface area contributed by atoms with E-state index in [-0.39, 0.29) is 24.8 Å². The molecule has 30 heavy (non-hydrogen) atoms. The number of piperidine rings is 1. The van der Waals surface area contributed by atoms with E-state index in [1.54, 1.807) is 0 Å². The van der Waals surface area contributed by atoms with Crippen molar-refractivity contribution in [1.29, 1.82) is 5.26 Å². The maximum atomic E-state index is 9.29. The molecule has 8 heteroatoms. The molecule has 2 N–H and O–H groups in total. The minimum atomic E-state index is 0. The van der Waals surface area contributed by atoms with Crippen LogP contribution in [-0.4, -0.2) is 36.1 Å². The summed E-state index contributed by atoms with van der Waals surface area (Å²) in [6.07, 6.45) is 5.55. The van der Waals surface area contributed by atoms with Crippen molar-refractivity contribution in [2.75, 3.05) is 30.4 Å². The first-order valence-electron chi connectivity index (χ1n) is 10.2. The number of nitrogens with one attached hydrogen (secondary N) is 2. The van der Waals surface area contributed by atoms with E-state index in [9.17, 15) is 5.26 Å². The van der Waals surface area contributed by atoms with Gasteiger partial charge >= 0.3 is 0 Å². The summed E-state index contributed by atoms with van der Waals surface area (Å²) in [7, 11) is 2.03. The number of aromatic nitrogens is 2. The summed E-state index contributed by atoms with van der Waals surface area (Å²) in [4.78, 5) is 11.9. The quantitative estimate of drug-likeness (QED) is 0.631. The number of nitrogens with zero attached hydrogens (tertiary/aromatic N) is 4. The Labute approximate surface area is 192 Å². The lowest BCUT2D eigenvalue weighted by Crippen LogP contribution is -2.44. The van der Waals surface area contributed by atoms with Gasteiger partial charge in [-0.25, -0.2) is 4.98 Å². The molecule has 1 aliphatic rings. The fourth-order valence-electron chi connectivity index (χ4n) is 3.56. The molecule has 0 saturated carbocycles. The molecule has 0 spiro atoms. The third kappa shape index (κ3) is 6.73. The number of hydrogen-bond acceptors (Lipinski definition) is 6. The monoisotopic (exact) mass is 450 g/mol. The fourth-order valence-corrected chi connectivity index (χ4v) is 3.56. The van der Waals surface area contributed by atoms with Crippen LogP contribution in [-0.2, 0) is 6.42 Å². The molecule has 0 bridgehead atoms. The maximum Gasteiger partial charge on any atom is 0.229 e. The molecule has 0 unspecified atom stereocenters. The normalized spacial score (nSPS) is 15.5. The van der Waals surface area contributed by atoms with Crippen molar-refractivity contribution >= 4 is 42.3 Å². The third-order valence-electron chi connectivity index (χ3n) is 5.32. The Morgan fingerprint density at radius 1 is 1.23 bits per heavy atom. The van der Waals surface area contributed by atoms with Crippen LogP contribution in [0.1, 0.15) is 49.4 Å². The van der Waals surface area contributed by atoms with E-state index in [1.807, 2.05) is 32.2 Å². The molecule has 0 aliphatic carbocycles. The third-order valence-corrected chi connectivity index (χ3v) is 5.32. The van der Waals surface area contributed by atoms with Gasteiger partial charge in [-0.2, -0.15) is 10.2 Å². The average molecular weight is 451 g/mol. The number of hydrogen-bond donors (Lipinski definition) is 2. The summed E-state index contributed by atoms with van der Waals surface area (Å²) in [5.74, 6) is 1.58. The number of unbranched alkanes of at least 4 members (excludes halogenated alkanes) is 1. The van der Waals surface area contributed by atoms with Gasteiger partial charge in [0.2, 0.25) is 5.95 Å². The van der Waals surface area contributed by atoms with Gasteiger partial charge in [0.1, 0.15) is 5.82 Å². The first-order valence-corrected chi connectivity index (χ1v) is 10.2. The lowest BCUT2D eigenvalue weighted by Gasteiger charge is -2.33. The largest absolute Gasteiger partial charge is 0.355 e. The Balaban J connectivity index is 0.00000225. The zero-order chi connectivity index (χ0) is 19.9. The van der Waals surface area contributed by atoms with Crippen LogP contribution in [0.15, 0.2) is 24.3 Å². The van der Waals surface area contributed by atoms with E-state index in [0.29, 0.717) is 17.6 Å². The van der Waals surface area contributed by atoms with Crippen LogP contribution in [0.2, 0.25) is 0 Å². The van der Waals surface area contributed by atoms with Crippen molar-refractivity contribution in [1.82, 2.24) is 15.3 Å². The van der Waals surface area contributed by atoms with Gasteiger partial charge in [-0.3, -0.25) is 0 Å². The summed E-state index contributed by atoms with van der Waals surface area (Å²) in [6.45, 7) is 6.12. The van der Waals surface area contributed by atoms with Crippen LogP contribution in [0, 0.1) is 18.3 Å². The van der Waals surface area contributed by atoms with Gasteiger partial charge in [-0.15, -0.1) is 24.8 Å². The van der Waals surface area contributed by atoms with Crippen molar-refractivity contribution in [2.24, 2.45) is 0 Å². The Morgan fingerprint density at radius 3 is 2.73 bits per heavy atom. The highest BCUT2D eigenvalue weighted by Gasteiger charge is 2.20. The maximum absolute atomic E-state index is 9.29. The SMILES string of the molecule is CCCCc1cc(N2CCC[C@@H](NC)C2)nc(Nc2ccc(C)c(C#N)c2)n1.Cl.Cl. The van der Waals surface area contributed by atoms with Crippen LogP contribution in [0.4, 0.5) is 17.5 Å². The number of halogens is 2. The van der Waals surface area contributed by atoms with Crippen molar-refractivity contribution in [3.63, 3.8) is 0 Å². The van der Waals surface area contributed by atoms with E-state index >= 15 is 0 Å². The second kappa shape index (κ2) is 12.6. The molecule has 2 heterocycles. The summed E-state index contributed by atoms with van der Waals surface area (Å²) >= 11 is 0.